The van der Waals surface area contributed by atoms with E-state index in [1.807, 2.05) is 24.3 Å². The highest BCUT2D eigenvalue weighted by atomic mass is 32.1. The molecule has 0 unspecified atom stereocenters. The lowest BCUT2D eigenvalue weighted by Crippen LogP contribution is -2.40. The van der Waals surface area contributed by atoms with Gasteiger partial charge < -0.3 is 19.1 Å². The predicted octanol–water partition coefficient (Wildman–Crippen LogP) is 3.22. The predicted molar refractivity (Wildman–Crippen MR) is 113 cm³/mol. The molecule has 0 radical (unpaired) electrons. The van der Waals surface area contributed by atoms with Crippen LogP contribution >= 0.6 is 12.2 Å². The molecule has 0 aromatic heterocycles. The molecule has 1 aliphatic heterocycles. The van der Waals surface area contributed by atoms with E-state index in [0.717, 1.165) is 24.2 Å². The molecule has 1 aliphatic rings. The Bertz CT molecular complexity index is 961. The third-order valence-corrected chi connectivity index (χ3v) is 4.86. The minimum absolute atomic E-state index is 0.105. The van der Waals surface area contributed by atoms with Crippen molar-refractivity contribution < 1.29 is 19.0 Å². The van der Waals surface area contributed by atoms with E-state index in [1.54, 1.807) is 30.3 Å². The van der Waals surface area contributed by atoms with Crippen LogP contribution in [0.15, 0.2) is 54.1 Å². The summed E-state index contributed by atoms with van der Waals surface area (Å²) in [5.41, 5.74) is 1.42. The van der Waals surface area contributed by atoms with Gasteiger partial charge in [-0.25, -0.2) is 4.79 Å². The first-order valence-electron chi connectivity index (χ1n) is 9.06. The van der Waals surface area contributed by atoms with Crippen molar-refractivity contribution >= 4 is 29.3 Å². The lowest BCUT2D eigenvalue weighted by Gasteiger charge is -2.29. The Balaban J connectivity index is 1.78. The molecule has 29 heavy (non-hydrogen) atoms. The smallest absolute Gasteiger partial charge is 0.354 e. The summed E-state index contributed by atoms with van der Waals surface area (Å²) < 4.78 is 16.1. The number of benzene rings is 2. The molecule has 1 fully saturated rings. The Hall–Kier alpha value is -3.21. The maximum atomic E-state index is 12.5. The standard InChI is InChI=1S/C22H20N2O4S/c1-26-20-14-17(21(29)24-9-11-27-12-10-24)7-8-19(20)28-22(25)18(15-23)13-16-5-3-2-4-6-16/h2-8,13-14H,9-12H2,1H3/b18-13+. The number of ether oxygens (including phenoxy) is 3. The fourth-order valence-corrected chi connectivity index (χ4v) is 3.15. The minimum Gasteiger partial charge on any atom is -0.493 e. The zero-order valence-electron chi connectivity index (χ0n) is 16.0. The van der Waals surface area contributed by atoms with E-state index >= 15 is 0 Å². The number of thiocarbonyl (C=S) groups is 1. The zero-order chi connectivity index (χ0) is 20.6. The summed E-state index contributed by atoms with van der Waals surface area (Å²) in [5.74, 6) is -0.165. The van der Waals surface area contributed by atoms with Gasteiger partial charge in [0, 0.05) is 18.7 Å². The van der Waals surface area contributed by atoms with Crippen molar-refractivity contribution in [1.82, 2.24) is 4.90 Å². The molecule has 2 aromatic carbocycles. The Morgan fingerprint density at radius 3 is 2.55 bits per heavy atom. The second kappa shape index (κ2) is 9.82. The topological polar surface area (TPSA) is 71.8 Å². The molecule has 148 valence electrons. The van der Waals surface area contributed by atoms with Gasteiger partial charge in [0.25, 0.3) is 0 Å². The Labute approximate surface area is 174 Å². The normalized spacial score (nSPS) is 14.1. The lowest BCUT2D eigenvalue weighted by molar-refractivity contribution is -0.129. The fraction of sp³-hybridized carbons (Fsp3) is 0.227. The Morgan fingerprint density at radius 2 is 1.90 bits per heavy atom. The molecule has 0 saturated carbocycles. The van der Waals surface area contributed by atoms with Gasteiger partial charge in [-0.2, -0.15) is 5.26 Å². The van der Waals surface area contributed by atoms with Crippen LogP contribution in [0.25, 0.3) is 6.08 Å². The SMILES string of the molecule is COc1cc(C(=S)N2CCOCC2)ccc1OC(=O)/C(C#N)=C/c1ccccc1. The van der Waals surface area contributed by atoms with Crippen LogP contribution in [0.3, 0.4) is 0 Å². The number of carbonyl (C=O) groups excluding carboxylic acids is 1. The van der Waals surface area contributed by atoms with Crippen molar-refractivity contribution in [3.05, 3.63) is 65.2 Å². The molecule has 0 amide bonds. The summed E-state index contributed by atoms with van der Waals surface area (Å²) in [6.45, 7) is 2.73. The first-order chi connectivity index (χ1) is 14.1. The van der Waals surface area contributed by atoms with Crippen LogP contribution in [0, 0.1) is 11.3 Å². The van der Waals surface area contributed by atoms with Gasteiger partial charge in [-0.1, -0.05) is 42.5 Å². The lowest BCUT2D eigenvalue weighted by atomic mass is 10.1. The van der Waals surface area contributed by atoms with E-state index in [2.05, 4.69) is 4.90 Å². The van der Waals surface area contributed by atoms with E-state index in [9.17, 15) is 10.1 Å². The largest absolute Gasteiger partial charge is 0.493 e. The second-order valence-electron chi connectivity index (χ2n) is 6.24. The maximum absolute atomic E-state index is 12.5. The average Bonchev–Trinajstić information content (AvgIpc) is 2.78. The molecule has 3 rings (SSSR count). The number of hydrogen-bond donors (Lipinski definition) is 0. The molecule has 0 atom stereocenters. The van der Waals surface area contributed by atoms with Crippen LogP contribution in [0.2, 0.25) is 0 Å². The molecule has 1 saturated heterocycles. The number of morpholine rings is 1. The highest BCUT2D eigenvalue weighted by Gasteiger charge is 2.19. The fourth-order valence-electron chi connectivity index (χ4n) is 2.84. The van der Waals surface area contributed by atoms with Crippen LogP contribution in [0.5, 0.6) is 11.5 Å². The molecule has 0 spiro atoms. The summed E-state index contributed by atoms with van der Waals surface area (Å²) in [6, 6.07) is 16.1. The van der Waals surface area contributed by atoms with Gasteiger partial charge in [0.2, 0.25) is 0 Å². The van der Waals surface area contributed by atoms with Gasteiger partial charge in [-0.3, -0.25) is 0 Å². The Kier molecular flexibility index (Phi) is 6.95. The van der Waals surface area contributed by atoms with E-state index in [-0.39, 0.29) is 11.3 Å². The van der Waals surface area contributed by atoms with E-state index < -0.39 is 5.97 Å². The molecular weight excluding hydrogens is 388 g/mol. The number of methoxy groups -OCH3 is 1. The minimum atomic E-state index is -0.752. The summed E-state index contributed by atoms with van der Waals surface area (Å²) in [7, 11) is 1.49. The van der Waals surface area contributed by atoms with E-state index in [1.165, 1.54) is 13.2 Å². The van der Waals surface area contributed by atoms with Gasteiger partial charge in [0.05, 0.1) is 20.3 Å². The number of rotatable bonds is 5. The van der Waals surface area contributed by atoms with Gasteiger partial charge in [0.15, 0.2) is 11.5 Å². The number of carbonyl (C=O) groups is 1. The summed E-state index contributed by atoms with van der Waals surface area (Å²) in [6.07, 6.45) is 1.48. The zero-order valence-corrected chi connectivity index (χ0v) is 16.8. The molecule has 0 aliphatic carbocycles. The van der Waals surface area contributed by atoms with Crippen LogP contribution in [0.4, 0.5) is 0 Å². The van der Waals surface area contributed by atoms with E-state index in [4.69, 9.17) is 26.4 Å². The quantitative estimate of drug-likeness (QED) is 0.247. The van der Waals surface area contributed by atoms with Crippen molar-refractivity contribution in [2.75, 3.05) is 33.4 Å². The molecule has 0 bridgehead atoms. The molecule has 6 nitrogen and oxygen atoms in total. The Morgan fingerprint density at radius 1 is 1.17 bits per heavy atom. The molecule has 2 aromatic rings. The van der Waals surface area contributed by atoms with Crippen molar-refractivity contribution in [2.45, 2.75) is 0 Å². The van der Waals surface area contributed by atoms with Crippen LogP contribution in [0.1, 0.15) is 11.1 Å². The third-order valence-electron chi connectivity index (χ3n) is 4.36. The highest BCUT2D eigenvalue weighted by Crippen LogP contribution is 2.29. The highest BCUT2D eigenvalue weighted by molar-refractivity contribution is 7.80. The first-order valence-corrected chi connectivity index (χ1v) is 9.47. The number of esters is 1. The van der Waals surface area contributed by atoms with Crippen LogP contribution in [-0.2, 0) is 9.53 Å². The average molecular weight is 408 g/mol. The molecule has 1 heterocycles. The number of hydrogen-bond acceptors (Lipinski definition) is 6. The third kappa shape index (κ3) is 5.19. The van der Waals surface area contributed by atoms with Crippen LogP contribution < -0.4 is 9.47 Å². The van der Waals surface area contributed by atoms with Crippen LogP contribution in [-0.4, -0.2) is 49.3 Å². The summed E-state index contributed by atoms with van der Waals surface area (Å²) in [5, 5.41) is 9.34. The van der Waals surface area contributed by atoms with Gasteiger partial charge in [-0.15, -0.1) is 0 Å². The molecule has 7 heteroatoms. The number of nitrogens with zero attached hydrogens (tertiary/aromatic N) is 2. The van der Waals surface area contributed by atoms with Crippen molar-refractivity contribution in [2.24, 2.45) is 0 Å². The molecular formula is C22H20N2O4S. The first kappa shape index (κ1) is 20.5. The van der Waals surface area contributed by atoms with Crippen molar-refractivity contribution in [1.29, 1.82) is 5.26 Å². The summed E-state index contributed by atoms with van der Waals surface area (Å²) in [4.78, 5) is 15.2. The van der Waals surface area contributed by atoms with Gasteiger partial charge in [0.1, 0.15) is 16.6 Å². The van der Waals surface area contributed by atoms with Gasteiger partial charge in [-0.05, 0) is 29.8 Å². The number of nitriles is 1. The van der Waals surface area contributed by atoms with Crippen molar-refractivity contribution in [3.63, 3.8) is 0 Å². The van der Waals surface area contributed by atoms with E-state index in [0.29, 0.717) is 24.0 Å². The van der Waals surface area contributed by atoms with Gasteiger partial charge >= 0.3 is 5.97 Å². The second-order valence-corrected chi connectivity index (χ2v) is 6.63. The van der Waals surface area contributed by atoms with Crippen molar-refractivity contribution in [3.8, 4) is 17.6 Å². The monoisotopic (exact) mass is 408 g/mol. The molecule has 0 N–H and O–H groups in total. The maximum Gasteiger partial charge on any atom is 0.354 e. The summed E-state index contributed by atoms with van der Waals surface area (Å²) >= 11 is 5.57.